The molecule has 0 fully saturated rings. The summed E-state index contributed by atoms with van der Waals surface area (Å²) in [6.45, 7) is 0. The van der Waals surface area contributed by atoms with E-state index in [0.29, 0.717) is 23.0 Å². The molecule has 0 saturated carbocycles. The third kappa shape index (κ3) is 4.02. The van der Waals surface area contributed by atoms with Gasteiger partial charge in [0.05, 0.1) is 12.1 Å². The Hall–Kier alpha value is -4.39. The smallest absolute Gasteiger partial charge is 0.230 e. The van der Waals surface area contributed by atoms with Crippen molar-refractivity contribution in [3.8, 4) is 22.8 Å². The van der Waals surface area contributed by atoms with E-state index in [-0.39, 0.29) is 12.3 Å². The van der Waals surface area contributed by atoms with E-state index < -0.39 is 0 Å². The number of pyridine rings is 2. The monoisotopic (exact) mass is 406 g/mol. The number of amides is 1. The van der Waals surface area contributed by atoms with Crippen molar-refractivity contribution in [3.05, 3.63) is 91.0 Å². The lowest BCUT2D eigenvalue weighted by atomic mass is 10.1. The summed E-state index contributed by atoms with van der Waals surface area (Å²) in [4.78, 5) is 33.7. The second kappa shape index (κ2) is 8.16. The molecule has 4 aromatic heterocycles. The Morgan fingerprint density at radius 1 is 0.935 bits per heavy atom. The maximum Gasteiger partial charge on any atom is 0.230 e. The van der Waals surface area contributed by atoms with Crippen molar-refractivity contribution in [1.82, 2.24) is 24.9 Å². The van der Waals surface area contributed by atoms with E-state index in [0.717, 1.165) is 22.0 Å². The second-order valence-corrected chi connectivity index (χ2v) is 7.00. The molecule has 0 bridgehead atoms. The number of aromatic nitrogens is 5. The molecule has 1 amide bonds. The molecular formula is C24H18N6O. The topological polar surface area (TPSA) is 96.5 Å². The zero-order valence-corrected chi connectivity index (χ0v) is 16.5. The van der Waals surface area contributed by atoms with Gasteiger partial charge >= 0.3 is 0 Å². The summed E-state index contributed by atoms with van der Waals surface area (Å²) in [5.74, 6) is 0.691. The Bertz CT molecular complexity index is 1290. The number of H-pyrrole nitrogens is 1. The highest BCUT2D eigenvalue weighted by Gasteiger charge is 2.13. The highest BCUT2D eigenvalue weighted by molar-refractivity contribution is 5.95. The fraction of sp³-hybridized carbons (Fsp3) is 0.0417. The number of fused-ring (bicyclic) bond motifs is 1. The number of aromatic amines is 1. The zero-order chi connectivity index (χ0) is 21.0. The molecule has 2 N–H and O–H groups in total. The first kappa shape index (κ1) is 18.6. The van der Waals surface area contributed by atoms with Crippen LogP contribution >= 0.6 is 0 Å². The van der Waals surface area contributed by atoms with Crippen LogP contribution in [0.4, 0.5) is 5.82 Å². The molecular weight excluding hydrogens is 388 g/mol. The number of para-hydroxylation sites is 1. The highest BCUT2D eigenvalue weighted by atomic mass is 16.1. The number of anilines is 1. The van der Waals surface area contributed by atoms with Gasteiger partial charge in [-0.1, -0.05) is 24.3 Å². The molecule has 5 rings (SSSR count). The molecule has 5 aromatic rings. The van der Waals surface area contributed by atoms with Gasteiger partial charge in [-0.3, -0.25) is 14.8 Å². The van der Waals surface area contributed by atoms with Crippen LogP contribution in [-0.2, 0) is 11.2 Å². The van der Waals surface area contributed by atoms with Gasteiger partial charge < -0.3 is 10.3 Å². The van der Waals surface area contributed by atoms with Crippen molar-refractivity contribution in [2.45, 2.75) is 6.42 Å². The van der Waals surface area contributed by atoms with Crippen LogP contribution in [0.15, 0.2) is 85.5 Å². The molecule has 150 valence electrons. The van der Waals surface area contributed by atoms with Crippen LogP contribution in [0.25, 0.3) is 33.7 Å². The number of hydrogen-bond acceptors (Lipinski definition) is 5. The highest BCUT2D eigenvalue weighted by Crippen LogP contribution is 2.23. The van der Waals surface area contributed by atoms with Crippen molar-refractivity contribution >= 4 is 22.6 Å². The van der Waals surface area contributed by atoms with E-state index in [9.17, 15) is 4.79 Å². The maximum atomic E-state index is 12.8. The lowest BCUT2D eigenvalue weighted by Gasteiger charge is -2.09. The first-order valence-electron chi connectivity index (χ1n) is 9.82. The van der Waals surface area contributed by atoms with Crippen LogP contribution < -0.4 is 5.32 Å². The lowest BCUT2D eigenvalue weighted by Crippen LogP contribution is -2.16. The molecule has 4 heterocycles. The molecule has 0 atom stereocenters. The maximum absolute atomic E-state index is 12.8. The largest absolute Gasteiger partial charge is 0.361 e. The SMILES string of the molecule is O=C(Cc1c[nH]c2ccccc12)Nc1cc(-c2cccnc2)nc(-c2ccccn2)n1. The molecule has 0 aliphatic carbocycles. The normalized spacial score (nSPS) is 10.8. The minimum Gasteiger partial charge on any atom is -0.361 e. The Labute approximate surface area is 178 Å². The fourth-order valence-corrected chi connectivity index (χ4v) is 3.42. The molecule has 0 unspecified atom stereocenters. The van der Waals surface area contributed by atoms with Crippen molar-refractivity contribution < 1.29 is 4.79 Å². The summed E-state index contributed by atoms with van der Waals surface area (Å²) >= 11 is 0. The number of hydrogen-bond donors (Lipinski definition) is 2. The van der Waals surface area contributed by atoms with E-state index in [1.54, 1.807) is 24.7 Å². The lowest BCUT2D eigenvalue weighted by molar-refractivity contribution is -0.115. The quantitative estimate of drug-likeness (QED) is 0.455. The first-order valence-corrected chi connectivity index (χ1v) is 9.82. The van der Waals surface area contributed by atoms with Crippen LogP contribution in [0.1, 0.15) is 5.56 Å². The average Bonchev–Trinajstić information content (AvgIpc) is 3.23. The van der Waals surface area contributed by atoms with E-state index in [1.807, 2.05) is 60.8 Å². The molecule has 7 heteroatoms. The molecule has 0 radical (unpaired) electrons. The van der Waals surface area contributed by atoms with Crippen molar-refractivity contribution in [3.63, 3.8) is 0 Å². The summed E-state index contributed by atoms with van der Waals surface area (Å²) in [7, 11) is 0. The predicted octanol–water partition coefficient (Wildman–Crippen LogP) is 4.26. The standard InChI is InChI=1S/C24H18N6O/c31-23(12-17-15-27-19-8-2-1-7-18(17)19)29-22-13-21(16-6-5-10-25-14-16)28-24(30-22)20-9-3-4-11-26-20/h1-11,13-15,27H,12H2,(H,28,29,30,31). The van der Waals surface area contributed by atoms with Gasteiger partial charge in [-0.25, -0.2) is 9.97 Å². The number of carbonyl (C=O) groups is 1. The summed E-state index contributed by atoms with van der Waals surface area (Å²) < 4.78 is 0. The summed E-state index contributed by atoms with van der Waals surface area (Å²) in [6.07, 6.45) is 7.21. The van der Waals surface area contributed by atoms with E-state index >= 15 is 0 Å². The molecule has 31 heavy (non-hydrogen) atoms. The van der Waals surface area contributed by atoms with Crippen LogP contribution in [0.3, 0.4) is 0 Å². The van der Waals surface area contributed by atoms with Gasteiger partial charge in [-0.2, -0.15) is 0 Å². The van der Waals surface area contributed by atoms with Gasteiger partial charge in [-0.05, 0) is 35.9 Å². The summed E-state index contributed by atoms with van der Waals surface area (Å²) in [5, 5.41) is 3.95. The summed E-state index contributed by atoms with van der Waals surface area (Å²) in [6, 6.07) is 18.9. The Morgan fingerprint density at radius 3 is 2.68 bits per heavy atom. The zero-order valence-electron chi connectivity index (χ0n) is 16.5. The van der Waals surface area contributed by atoms with Gasteiger partial charge in [0, 0.05) is 47.3 Å². The average molecular weight is 406 g/mol. The molecule has 7 nitrogen and oxygen atoms in total. The minimum atomic E-state index is -0.160. The van der Waals surface area contributed by atoms with Crippen molar-refractivity contribution in [2.75, 3.05) is 5.32 Å². The number of nitrogens with one attached hydrogen (secondary N) is 2. The van der Waals surface area contributed by atoms with E-state index in [2.05, 4.69) is 30.2 Å². The predicted molar refractivity (Wildman–Crippen MR) is 119 cm³/mol. The number of rotatable bonds is 5. The number of benzene rings is 1. The van der Waals surface area contributed by atoms with E-state index in [1.165, 1.54) is 0 Å². The molecule has 0 aliphatic rings. The van der Waals surface area contributed by atoms with Gasteiger partial charge in [0.2, 0.25) is 5.91 Å². The number of carbonyl (C=O) groups excluding carboxylic acids is 1. The number of nitrogens with zero attached hydrogens (tertiary/aromatic N) is 4. The molecule has 0 saturated heterocycles. The van der Waals surface area contributed by atoms with Crippen LogP contribution in [0, 0.1) is 0 Å². The van der Waals surface area contributed by atoms with Gasteiger partial charge in [0.15, 0.2) is 5.82 Å². The van der Waals surface area contributed by atoms with E-state index in [4.69, 9.17) is 0 Å². The Morgan fingerprint density at radius 2 is 1.84 bits per heavy atom. The molecule has 0 aliphatic heterocycles. The fourth-order valence-electron chi connectivity index (χ4n) is 3.42. The van der Waals surface area contributed by atoms with Crippen LogP contribution in [0.5, 0.6) is 0 Å². The van der Waals surface area contributed by atoms with Gasteiger partial charge in [0.1, 0.15) is 11.5 Å². The Kier molecular flexibility index (Phi) is 4.90. The van der Waals surface area contributed by atoms with Crippen molar-refractivity contribution in [2.24, 2.45) is 0 Å². The Balaban J connectivity index is 1.47. The van der Waals surface area contributed by atoms with Crippen molar-refractivity contribution in [1.29, 1.82) is 0 Å². The second-order valence-electron chi connectivity index (χ2n) is 7.00. The van der Waals surface area contributed by atoms with Crippen LogP contribution in [-0.4, -0.2) is 30.8 Å². The van der Waals surface area contributed by atoms with Gasteiger partial charge in [0.25, 0.3) is 0 Å². The van der Waals surface area contributed by atoms with Gasteiger partial charge in [-0.15, -0.1) is 0 Å². The van der Waals surface area contributed by atoms with Crippen LogP contribution in [0.2, 0.25) is 0 Å². The molecule has 0 spiro atoms. The molecule has 1 aromatic carbocycles. The first-order chi connectivity index (χ1) is 15.3. The third-order valence-electron chi connectivity index (χ3n) is 4.87. The third-order valence-corrected chi connectivity index (χ3v) is 4.87. The summed E-state index contributed by atoms with van der Waals surface area (Å²) in [5.41, 5.74) is 4.05. The minimum absolute atomic E-state index is 0.160.